The Labute approximate surface area is 146 Å². The van der Waals surface area contributed by atoms with E-state index in [0.29, 0.717) is 11.7 Å². The third-order valence-electron chi connectivity index (χ3n) is 4.49. The molecule has 2 bridgehead atoms. The maximum atomic E-state index is 12.4. The molecule has 8 nitrogen and oxygen atoms in total. The zero-order valence-electron chi connectivity index (χ0n) is 15.0. The Morgan fingerprint density at radius 1 is 1.24 bits per heavy atom. The molecule has 1 aliphatic carbocycles. The lowest BCUT2D eigenvalue weighted by atomic mass is 10.1. The van der Waals surface area contributed by atoms with E-state index in [1.165, 1.54) is 19.5 Å². The Morgan fingerprint density at radius 2 is 2.00 bits per heavy atom. The third kappa shape index (κ3) is 3.83. The summed E-state index contributed by atoms with van der Waals surface area (Å²) in [5.41, 5.74) is -0.340. The SMILES string of the molecule is COC(=O)c1cnc(NC2CC3CC2N(C(=O)OC(C)(C)C)C3)cn1. The first-order valence-electron chi connectivity index (χ1n) is 8.43. The lowest BCUT2D eigenvalue weighted by molar-refractivity contribution is 0.0179. The van der Waals surface area contributed by atoms with Crippen molar-refractivity contribution < 1.29 is 19.1 Å². The van der Waals surface area contributed by atoms with Gasteiger partial charge in [-0.15, -0.1) is 0 Å². The van der Waals surface area contributed by atoms with Gasteiger partial charge in [-0.1, -0.05) is 0 Å². The molecule has 0 spiro atoms. The van der Waals surface area contributed by atoms with Crippen LogP contribution >= 0.6 is 0 Å². The number of nitrogens with zero attached hydrogens (tertiary/aromatic N) is 3. The molecule has 1 saturated heterocycles. The van der Waals surface area contributed by atoms with Gasteiger partial charge in [0.1, 0.15) is 11.4 Å². The fraction of sp³-hybridized carbons (Fsp3) is 0.647. The Balaban J connectivity index is 1.64. The Kier molecular flexibility index (Phi) is 4.53. The van der Waals surface area contributed by atoms with E-state index in [-0.39, 0.29) is 23.9 Å². The highest BCUT2D eigenvalue weighted by molar-refractivity contribution is 5.86. The second-order valence-corrected chi connectivity index (χ2v) is 7.57. The predicted molar refractivity (Wildman–Crippen MR) is 90.2 cm³/mol. The molecule has 2 heterocycles. The summed E-state index contributed by atoms with van der Waals surface area (Å²) in [7, 11) is 1.30. The van der Waals surface area contributed by atoms with Gasteiger partial charge in [0.15, 0.2) is 5.69 Å². The van der Waals surface area contributed by atoms with Crippen molar-refractivity contribution in [3.8, 4) is 0 Å². The fourth-order valence-corrected chi connectivity index (χ4v) is 3.51. The molecule has 1 aliphatic heterocycles. The van der Waals surface area contributed by atoms with Gasteiger partial charge >= 0.3 is 12.1 Å². The van der Waals surface area contributed by atoms with Crippen molar-refractivity contribution in [1.29, 1.82) is 0 Å². The molecule has 136 valence electrons. The number of nitrogens with one attached hydrogen (secondary N) is 1. The van der Waals surface area contributed by atoms with Gasteiger partial charge in [0.25, 0.3) is 0 Å². The summed E-state index contributed by atoms with van der Waals surface area (Å²) in [4.78, 5) is 33.9. The molecule has 1 amide bonds. The summed E-state index contributed by atoms with van der Waals surface area (Å²) in [6.07, 6.45) is 4.57. The van der Waals surface area contributed by atoms with Gasteiger partial charge in [-0.3, -0.25) is 0 Å². The molecule has 1 aromatic rings. The average molecular weight is 348 g/mol. The number of piperidine rings is 1. The molecule has 0 radical (unpaired) electrons. The smallest absolute Gasteiger partial charge is 0.410 e. The summed E-state index contributed by atoms with van der Waals surface area (Å²) < 4.78 is 10.1. The van der Waals surface area contributed by atoms with E-state index in [4.69, 9.17) is 4.74 Å². The molecule has 3 rings (SSSR count). The second kappa shape index (κ2) is 6.50. The maximum absolute atomic E-state index is 12.4. The zero-order valence-corrected chi connectivity index (χ0v) is 15.0. The second-order valence-electron chi connectivity index (χ2n) is 7.57. The lowest BCUT2D eigenvalue weighted by Gasteiger charge is -2.35. The number of aromatic nitrogens is 2. The number of anilines is 1. The minimum Gasteiger partial charge on any atom is -0.464 e. The highest BCUT2D eigenvalue weighted by atomic mass is 16.6. The number of carbonyl (C=O) groups is 2. The van der Waals surface area contributed by atoms with Crippen LogP contribution in [0.5, 0.6) is 0 Å². The van der Waals surface area contributed by atoms with Crippen LogP contribution < -0.4 is 5.32 Å². The van der Waals surface area contributed by atoms with Crippen LogP contribution in [0.1, 0.15) is 44.1 Å². The number of carbonyl (C=O) groups excluding carboxylic acids is 2. The number of likely N-dealkylation sites (tertiary alicyclic amines) is 1. The molecule has 3 unspecified atom stereocenters. The highest BCUT2D eigenvalue weighted by Crippen LogP contribution is 2.39. The van der Waals surface area contributed by atoms with Crippen LogP contribution in [-0.4, -0.2) is 58.3 Å². The largest absolute Gasteiger partial charge is 0.464 e. The van der Waals surface area contributed by atoms with E-state index >= 15 is 0 Å². The van der Waals surface area contributed by atoms with Crippen LogP contribution in [0.2, 0.25) is 0 Å². The van der Waals surface area contributed by atoms with Crippen molar-refractivity contribution >= 4 is 17.9 Å². The van der Waals surface area contributed by atoms with Crippen LogP contribution in [0.15, 0.2) is 12.4 Å². The van der Waals surface area contributed by atoms with E-state index < -0.39 is 11.6 Å². The van der Waals surface area contributed by atoms with Crippen LogP contribution in [0.3, 0.4) is 0 Å². The summed E-state index contributed by atoms with van der Waals surface area (Å²) >= 11 is 0. The molecule has 1 saturated carbocycles. The summed E-state index contributed by atoms with van der Waals surface area (Å²) in [6.45, 7) is 6.35. The fourth-order valence-electron chi connectivity index (χ4n) is 3.51. The van der Waals surface area contributed by atoms with Crippen molar-refractivity contribution in [1.82, 2.24) is 14.9 Å². The maximum Gasteiger partial charge on any atom is 0.410 e. The number of hydrogen-bond acceptors (Lipinski definition) is 7. The monoisotopic (exact) mass is 348 g/mol. The number of hydrogen-bond donors (Lipinski definition) is 1. The molecule has 25 heavy (non-hydrogen) atoms. The van der Waals surface area contributed by atoms with Crippen LogP contribution in [-0.2, 0) is 9.47 Å². The van der Waals surface area contributed by atoms with Crippen LogP contribution in [0.4, 0.5) is 10.6 Å². The van der Waals surface area contributed by atoms with E-state index in [1.54, 1.807) is 0 Å². The Bertz CT molecular complexity index is 656. The number of amides is 1. The molecule has 1 N–H and O–H groups in total. The molecule has 3 atom stereocenters. The topological polar surface area (TPSA) is 93.7 Å². The number of esters is 1. The molecule has 8 heteroatoms. The highest BCUT2D eigenvalue weighted by Gasteiger charge is 2.48. The number of rotatable bonds is 3. The van der Waals surface area contributed by atoms with Gasteiger partial charge in [0.05, 0.1) is 25.5 Å². The van der Waals surface area contributed by atoms with Crippen molar-refractivity contribution in [3.05, 3.63) is 18.1 Å². The predicted octanol–water partition coefficient (Wildman–Crippen LogP) is 2.07. The van der Waals surface area contributed by atoms with Gasteiger partial charge in [-0.2, -0.15) is 0 Å². The summed E-state index contributed by atoms with van der Waals surface area (Å²) in [5, 5.41) is 3.33. The normalized spacial score (nSPS) is 25.0. The van der Waals surface area contributed by atoms with Crippen molar-refractivity contribution in [3.63, 3.8) is 0 Å². The van der Waals surface area contributed by atoms with Crippen LogP contribution in [0.25, 0.3) is 0 Å². The number of fused-ring (bicyclic) bond motifs is 2. The average Bonchev–Trinajstić information content (AvgIpc) is 3.13. The molecular formula is C17H24N4O4. The molecule has 2 fully saturated rings. The zero-order chi connectivity index (χ0) is 18.2. The molecular weight excluding hydrogens is 324 g/mol. The lowest BCUT2D eigenvalue weighted by Crippen LogP contribution is -2.49. The first kappa shape index (κ1) is 17.4. The minimum absolute atomic E-state index is 0.0851. The quantitative estimate of drug-likeness (QED) is 0.836. The standard InChI is InChI=1S/C17H24N4O4/c1-17(2,3)25-16(23)21-9-10-5-11(13(21)6-10)20-14-8-18-12(7-19-14)15(22)24-4/h7-8,10-11,13H,5-6,9H2,1-4H3,(H,19,20). The van der Waals surface area contributed by atoms with Crippen molar-refractivity contribution in [2.45, 2.75) is 51.3 Å². The summed E-state index contributed by atoms with van der Waals surface area (Å²) in [5.74, 6) is 0.529. The van der Waals surface area contributed by atoms with Gasteiger partial charge in [-0.05, 0) is 39.5 Å². The van der Waals surface area contributed by atoms with Crippen LogP contribution in [0, 0.1) is 5.92 Å². The van der Waals surface area contributed by atoms with Gasteiger partial charge in [0.2, 0.25) is 0 Å². The minimum atomic E-state index is -0.518. The Hall–Kier alpha value is -2.38. The first-order valence-corrected chi connectivity index (χ1v) is 8.43. The van der Waals surface area contributed by atoms with E-state index in [1.807, 2.05) is 25.7 Å². The summed E-state index contributed by atoms with van der Waals surface area (Å²) in [6, 6.07) is 0.187. The molecule has 1 aromatic heterocycles. The number of ether oxygens (including phenoxy) is 2. The van der Waals surface area contributed by atoms with Gasteiger partial charge in [-0.25, -0.2) is 19.6 Å². The van der Waals surface area contributed by atoms with Gasteiger partial charge in [0, 0.05) is 12.6 Å². The van der Waals surface area contributed by atoms with Crippen molar-refractivity contribution in [2.24, 2.45) is 5.92 Å². The number of methoxy groups -OCH3 is 1. The first-order chi connectivity index (χ1) is 11.8. The molecule has 2 aliphatic rings. The molecule has 0 aromatic carbocycles. The van der Waals surface area contributed by atoms with E-state index in [2.05, 4.69) is 20.0 Å². The van der Waals surface area contributed by atoms with Gasteiger partial charge < -0.3 is 19.7 Å². The van der Waals surface area contributed by atoms with E-state index in [9.17, 15) is 9.59 Å². The Morgan fingerprint density at radius 3 is 2.56 bits per heavy atom. The third-order valence-corrected chi connectivity index (χ3v) is 4.49. The van der Waals surface area contributed by atoms with E-state index in [0.717, 1.165) is 19.4 Å². The van der Waals surface area contributed by atoms with Crippen molar-refractivity contribution in [2.75, 3.05) is 19.0 Å².